The SMILES string of the molecule is CCCCCCCCCc1ccc(C(CCC(C)Sc2ccc(NC(C)=O)cc2)C(=O)OOC(C)=O)cc1. The van der Waals surface area contributed by atoms with Gasteiger partial charge < -0.3 is 5.32 Å². The minimum Gasteiger partial charge on any atom is -0.326 e. The number of thioether (sulfide) groups is 1. The summed E-state index contributed by atoms with van der Waals surface area (Å²) < 4.78 is 0. The van der Waals surface area contributed by atoms with Crippen LogP contribution >= 0.6 is 11.8 Å². The van der Waals surface area contributed by atoms with Gasteiger partial charge in [0.1, 0.15) is 0 Å². The molecule has 1 amide bonds. The first-order valence-corrected chi connectivity index (χ1v) is 14.7. The number of hydrogen-bond acceptors (Lipinski definition) is 6. The molecule has 0 spiro atoms. The molecule has 0 fully saturated rings. The van der Waals surface area contributed by atoms with E-state index >= 15 is 0 Å². The smallest absolute Gasteiger partial charge is 0.326 e. The van der Waals surface area contributed by atoms with E-state index in [4.69, 9.17) is 4.89 Å². The van der Waals surface area contributed by atoms with Gasteiger partial charge in [-0.15, -0.1) is 11.8 Å². The number of rotatable bonds is 16. The molecule has 0 bridgehead atoms. The lowest BCUT2D eigenvalue weighted by molar-refractivity contribution is -0.258. The van der Waals surface area contributed by atoms with E-state index in [0.717, 1.165) is 29.0 Å². The van der Waals surface area contributed by atoms with Crippen LogP contribution in [0.1, 0.15) is 103 Å². The number of hydrogen-bond donors (Lipinski definition) is 1. The Balaban J connectivity index is 1.93. The van der Waals surface area contributed by atoms with E-state index in [1.165, 1.54) is 64.4 Å². The van der Waals surface area contributed by atoms with Crippen LogP contribution in [0.15, 0.2) is 53.4 Å². The number of aryl methyl sites for hydroxylation is 1. The zero-order valence-corrected chi connectivity index (χ0v) is 24.1. The lowest BCUT2D eigenvalue weighted by atomic mass is 9.92. The van der Waals surface area contributed by atoms with Gasteiger partial charge >= 0.3 is 11.9 Å². The predicted molar refractivity (Wildman–Crippen MR) is 154 cm³/mol. The quantitative estimate of drug-likeness (QED) is 0.100. The molecule has 0 saturated heterocycles. The second kappa shape index (κ2) is 17.7. The van der Waals surface area contributed by atoms with Gasteiger partial charge in [0, 0.05) is 29.7 Å². The maximum absolute atomic E-state index is 12.8. The van der Waals surface area contributed by atoms with Gasteiger partial charge in [0.05, 0.1) is 5.92 Å². The molecule has 2 aromatic rings. The first-order valence-electron chi connectivity index (χ1n) is 13.8. The zero-order valence-electron chi connectivity index (χ0n) is 23.3. The molecule has 2 atom stereocenters. The normalized spacial score (nSPS) is 12.4. The number of amides is 1. The fraction of sp³-hybridized carbons (Fsp3) is 0.516. The summed E-state index contributed by atoms with van der Waals surface area (Å²) >= 11 is 1.71. The maximum Gasteiger partial charge on any atom is 0.362 e. The Labute approximate surface area is 232 Å². The van der Waals surface area contributed by atoms with Crippen LogP contribution in [0.4, 0.5) is 5.69 Å². The van der Waals surface area contributed by atoms with Gasteiger partial charge in [-0.1, -0.05) is 76.6 Å². The van der Waals surface area contributed by atoms with E-state index in [-0.39, 0.29) is 11.2 Å². The second-order valence-electron chi connectivity index (χ2n) is 9.85. The highest BCUT2D eigenvalue weighted by atomic mass is 32.2. The number of nitrogens with one attached hydrogen (secondary N) is 1. The van der Waals surface area contributed by atoms with Crippen LogP contribution in [0, 0.1) is 0 Å². The molecule has 0 aromatic heterocycles. The van der Waals surface area contributed by atoms with Gasteiger partial charge in [0.25, 0.3) is 0 Å². The largest absolute Gasteiger partial charge is 0.362 e. The third-order valence-electron chi connectivity index (χ3n) is 6.35. The average Bonchev–Trinajstić information content (AvgIpc) is 2.88. The molecule has 0 aliphatic heterocycles. The average molecular weight is 542 g/mol. The number of benzene rings is 2. The highest BCUT2D eigenvalue weighted by molar-refractivity contribution is 7.99. The van der Waals surface area contributed by atoms with Crippen LogP contribution in [-0.4, -0.2) is 23.1 Å². The first kappa shape index (κ1) is 31.4. The standard InChI is InChI=1S/C31H43NO5S/c1-5-6-7-8-9-10-11-12-26-14-16-27(17-15-26)30(31(35)37-36-25(4)34)22-13-23(2)38-29-20-18-28(19-21-29)32-24(3)33/h14-21,23,30H,5-13,22H2,1-4H3,(H,32,33). The summed E-state index contributed by atoms with van der Waals surface area (Å²) in [6.07, 6.45) is 11.3. The van der Waals surface area contributed by atoms with Crippen molar-refractivity contribution in [1.29, 1.82) is 0 Å². The zero-order chi connectivity index (χ0) is 27.8. The van der Waals surface area contributed by atoms with Gasteiger partial charge in [-0.05, 0) is 61.1 Å². The maximum atomic E-state index is 12.8. The minimum absolute atomic E-state index is 0.101. The van der Waals surface area contributed by atoms with Crippen molar-refractivity contribution in [2.75, 3.05) is 5.32 Å². The fourth-order valence-electron chi connectivity index (χ4n) is 4.29. The van der Waals surface area contributed by atoms with Gasteiger partial charge in [0.2, 0.25) is 5.91 Å². The molecular formula is C31H43NO5S. The van der Waals surface area contributed by atoms with Crippen LogP contribution < -0.4 is 5.32 Å². The Morgan fingerprint density at radius 1 is 0.816 bits per heavy atom. The van der Waals surface area contributed by atoms with Gasteiger partial charge in [-0.2, -0.15) is 0 Å². The molecule has 0 aliphatic carbocycles. The van der Waals surface area contributed by atoms with E-state index < -0.39 is 17.9 Å². The number of anilines is 1. The lowest BCUT2D eigenvalue weighted by Gasteiger charge is -2.18. The molecule has 0 aliphatic rings. The summed E-state index contributed by atoms with van der Waals surface area (Å²) in [5.41, 5.74) is 2.89. The summed E-state index contributed by atoms with van der Waals surface area (Å²) in [5.74, 6) is -1.84. The van der Waals surface area contributed by atoms with Crippen molar-refractivity contribution in [3.05, 3.63) is 59.7 Å². The topological polar surface area (TPSA) is 81.7 Å². The molecule has 1 N–H and O–H groups in total. The summed E-state index contributed by atoms with van der Waals surface area (Å²) in [7, 11) is 0. The van der Waals surface area contributed by atoms with Gasteiger partial charge in [-0.25, -0.2) is 19.4 Å². The van der Waals surface area contributed by atoms with E-state index in [2.05, 4.69) is 36.2 Å². The van der Waals surface area contributed by atoms with Gasteiger partial charge in [0.15, 0.2) is 0 Å². The molecule has 2 aromatic carbocycles. The van der Waals surface area contributed by atoms with E-state index in [0.29, 0.717) is 6.42 Å². The van der Waals surface area contributed by atoms with E-state index in [1.807, 2.05) is 36.4 Å². The Kier molecular flexibility index (Phi) is 14.6. The molecule has 7 heteroatoms. The number of carbonyl (C=O) groups is 3. The summed E-state index contributed by atoms with van der Waals surface area (Å²) in [6.45, 7) is 7.04. The highest BCUT2D eigenvalue weighted by Crippen LogP contribution is 2.31. The Hall–Kier alpha value is -2.80. The molecular weight excluding hydrogens is 498 g/mol. The fourth-order valence-corrected chi connectivity index (χ4v) is 5.31. The van der Waals surface area contributed by atoms with E-state index in [1.54, 1.807) is 11.8 Å². The highest BCUT2D eigenvalue weighted by Gasteiger charge is 2.25. The van der Waals surface area contributed by atoms with Crippen molar-refractivity contribution < 1.29 is 24.2 Å². The van der Waals surface area contributed by atoms with Crippen molar-refractivity contribution >= 4 is 35.3 Å². The van der Waals surface area contributed by atoms with Crippen molar-refractivity contribution in [2.24, 2.45) is 0 Å². The van der Waals surface area contributed by atoms with Crippen LogP contribution in [-0.2, 0) is 30.6 Å². The minimum atomic E-state index is -0.659. The monoisotopic (exact) mass is 541 g/mol. The van der Waals surface area contributed by atoms with Gasteiger partial charge in [-0.3, -0.25) is 4.79 Å². The summed E-state index contributed by atoms with van der Waals surface area (Å²) in [6, 6.07) is 15.9. The molecule has 208 valence electrons. The van der Waals surface area contributed by atoms with Crippen LogP contribution in [0.5, 0.6) is 0 Å². The van der Waals surface area contributed by atoms with Crippen molar-refractivity contribution in [3.8, 4) is 0 Å². The predicted octanol–water partition coefficient (Wildman–Crippen LogP) is 8.00. The van der Waals surface area contributed by atoms with Crippen LogP contribution in [0.25, 0.3) is 0 Å². The Bertz CT molecular complexity index is 990. The second-order valence-corrected chi connectivity index (χ2v) is 11.4. The number of carbonyl (C=O) groups excluding carboxylic acids is 3. The summed E-state index contributed by atoms with van der Waals surface area (Å²) in [5, 5.41) is 3.01. The van der Waals surface area contributed by atoms with Crippen molar-refractivity contribution in [2.45, 2.75) is 108 Å². The Morgan fingerprint density at radius 2 is 1.45 bits per heavy atom. The molecule has 38 heavy (non-hydrogen) atoms. The first-order chi connectivity index (χ1) is 18.3. The van der Waals surface area contributed by atoms with Crippen molar-refractivity contribution in [1.82, 2.24) is 0 Å². The third kappa shape index (κ3) is 12.6. The van der Waals surface area contributed by atoms with Crippen LogP contribution in [0.2, 0.25) is 0 Å². The molecule has 2 rings (SSSR count). The van der Waals surface area contributed by atoms with Crippen molar-refractivity contribution in [3.63, 3.8) is 0 Å². The third-order valence-corrected chi connectivity index (χ3v) is 7.53. The Morgan fingerprint density at radius 3 is 2.05 bits per heavy atom. The molecule has 0 saturated carbocycles. The molecule has 0 radical (unpaired) electrons. The molecule has 0 heterocycles. The molecule has 2 unspecified atom stereocenters. The van der Waals surface area contributed by atoms with E-state index in [9.17, 15) is 14.4 Å². The molecule has 6 nitrogen and oxygen atoms in total. The van der Waals surface area contributed by atoms with Crippen LogP contribution in [0.3, 0.4) is 0 Å². The summed E-state index contributed by atoms with van der Waals surface area (Å²) in [4.78, 5) is 45.7. The number of unbranched alkanes of at least 4 members (excludes halogenated alkanes) is 6. The lowest BCUT2D eigenvalue weighted by Crippen LogP contribution is -2.19.